The highest BCUT2D eigenvalue weighted by Crippen LogP contribution is 2.44. The molecule has 34 heavy (non-hydrogen) atoms. The molecule has 4 rings (SSSR count). The van der Waals surface area contributed by atoms with E-state index < -0.39 is 35.1 Å². The van der Waals surface area contributed by atoms with E-state index in [0.717, 1.165) is 11.3 Å². The van der Waals surface area contributed by atoms with Crippen LogP contribution in [0.4, 0.5) is 9.93 Å². The number of aromatic nitrogens is 4. The number of thiazole rings is 1. The first-order chi connectivity index (χ1) is 15.9. The van der Waals surface area contributed by atoms with E-state index in [0.29, 0.717) is 20.8 Å². The average Bonchev–Trinajstić information content (AvgIpc) is 3.44. The molecule has 0 unspecified atom stereocenters. The molecule has 6 N–H and O–H groups in total. The van der Waals surface area contributed by atoms with Crippen molar-refractivity contribution in [1.82, 2.24) is 30.6 Å². The number of amides is 2. The Morgan fingerprint density at radius 1 is 1.44 bits per heavy atom. The maximum atomic E-state index is 12.8. The summed E-state index contributed by atoms with van der Waals surface area (Å²) in [7, 11) is 0. The lowest BCUT2D eigenvalue weighted by atomic mass is 10.1. The van der Waals surface area contributed by atoms with Crippen molar-refractivity contribution in [3.63, 3.8) is 0 Å². The van der Waals surface area contributed by atoms with Gasteiger partial charge in [-0.05, 0) is 0 Å². The number of oxime groups is 1. The van der Waals surface area contributed by atoms with Crippen molar-refractivity contribution < 1.29 is 29.4 Å². The van der Waals surface area contributed by atoms with E-state index in [4.69, 9.17) is 15.6 Å². The van der Waals surface area contributed by atoms with Crippen LogP contribution in [0.5, 0.6) is 0 Å². The fraction of sp³-hybridized carbons (Fsp3) is 0.267. The Labute approximate surface area is 213 Å². The first kappa shape index (κ1) is 25.9. The second-order valence-corrected chi connectivity index (χ2v) is 10.6. The maximum Gasteiger partial charge on any atom is 0.512 e. The van der Waals surface area contributed by atoms with Gasteiger partial charge < -0.3 is 26.1 Å². The summed E-state index contributed by atoms with van der Waals surface area (Å²) in [6, 6.07) is -0.973. The van der Waals surface area contributed by atoms with Crippen LogP contribution in [0.1, 0.15) is 5.69 Å². The minimum absolute atomic E-state index is 0. The van der Waals surface area contributed by atoms with Crippen molar-refractivity contribution in [2.75, 3.05) is 16.6 Å². The van der Waals surface area contributed by atoms with E-state index >= 15 is 0 Å². The molecule has 1 fully saturated rings. The molecule has 2 aromatic heterocycles. The van der Waals surface area contributed by atoms with Crippen LogP contribution in [0, 0.1) is 0 Å². The molecule has 0 aromatic carbocycles. The lowest BCUT2D eigenvalue weighted by molar-refractivity contribution is -0.148. The molecule has 0 bridgehead atoms. The Morgan fingerprint density at radius 2 is 2.24 bits per heavy atom. The summed E-state index contributed by atoms with van der Waals surface area (Å²) in [5.74, 6) is -1.11. The molecule has 0 aliphatic carbocycles. The second kappa shape index (κ2) is 11.2. The molecule has 2 aromatic rings. The van der Waals surface area contributed by atoms with Crippen molar-refractivity contribution in [1.29, 1.82) is 0 Å². The quantitative estimate of drug-likeness (QED) is 0.0579. The van der Waals surface area contributed by atoms with Gasteiger partial charge in [0.2, 0.25) is 5.88 Å². The number of aromatic amines is 1. The standard InChI is InChI=1S/C15H14N8O6S4.ClH/c16-14-18-5(2-31-14)8(21-28)10(24)19-9-11(25)23-12(29-15(26)27)6(3-30-13(9)23)32-4-33-7-1-17-22-20-7;/h1-2,9,13,28H,3-4H2,(H2,16,18)(H,19,24)(H,26,27)(H,17,20,22);1H/b21-8-;/t9-,13+;/m1./s1. The third-order valence-electron chi connectivity index (χ3n) is 4.27. The summed E-state index contributed by atoms with van der Waals surface area (Å²) in [6.07, 6.45) is -0.00946. The Morgan fingerprint density at radius 3 is 2.85 bits per heavy atom. The number of hydrogen-bond acceptors (Lipinski definition) is 14. The smallest absolute Gasteiger partial charge is 0.449 e. The number of carbonyl (C=O) groups excluding carboxylic acids is 2. The summed E-state index contributed by atoms with van der Waals surface area (Å²) in [5, 5.41) is 36.1. The number of thioether (sulfide) groups is 3. The van der Waals surface area contributed by atoms with Gasteiger partial charge in [-0.3, -0.25) is 14.5 Å². The van der Waals surface area contributed by atoms with Crippen molar-refractivity contribution in [3.8, 4) is 0 Å². The summed E-state index contributed by atoms with van der Waals surface area (Å²) in [6.45, 7) is 0. The summed E-state index contributed by atoms with van der Waals surface area (Å²) in [5.41, 5.74) is 5.22. The predicted molar refractivity (Wildman–Crippen MR) is 128 cm³/mol. The number of nitrogen functional groups attached to an aromatic ring is 1. The van der Waals surface area contributed by atoms with Crippen LogP contribution < -0.4 is 11.1 Å². The van der Waals surface area contributed by atoms with Gasteiger partial charge in [-0.2, -0.15) is 10.3 Å². The SMILES string of the molecule is Cl.Nc1nc(/C(=N/O)C(=O)N[C@@H]2C(=O)N3C(OC(=O)O)=C(SCSc4cn[nH]n4)CS[C@@H]23)cs1. The highest BCUT2D eigenvalue weighted by Gasteiger charge is 2.54. The van der Waals surface area contributed by atoms with Gasteiger partial charge in [0.05, 0.1) is 16.2 Å². The van der Waals surface area contributed by atoms with Gasteiger partial charge in [-0.25, -0.2) is 9.78 Å². The topological polar surface area (TPSA) is 209 Å². The predicted octanol–water partition coefficient (Wildman–Crippen LogP) is 1.19. The number of halogens is 1. The monoisotopic (exact) mass is 566 g/mol. The first-order valence-electron chi connectivity index (χ1n) is 8.83. The van der Waals surface area contributed by atoms with Crippen LogP contribution in [0.3, 0.4) is 0 Å². The van der Waals surface area contributed by atoms with Gasteiger partial charge in [-0.15, -0.1) is 52.4 Å². The molecule has 2 aliphatic rings. The molecule has 1 saturated heterocycles. The molecule has 2 aliphatic heterocycles. The minimum atomic E-state index is -1.56. The lowest BCUT2D eigenvalue weighted by Crippen LogP contribution is -2.70. The van der Waals surface area contributed by atoms with E-state index in [2.05, 4.69) is 30.9 Å². The molecule has 4 heterocycles. The molecule has 0 radical (unpaired) electrons. The number of ether oxygens (including phenoxy) is 1. The van der Waals surface area contributed by atoms with Crippen LogP contribution in [0.2, 0.25) is 0 Å². The lowest BCUT2D eigenvalue weighted by Gasteiger charge is -2.48. The Bertz CT molecular complexity index is 1140. The highest BCUT2D eigenvalue weighted by atomic mass is 35.5. The van der Waals surface area contributed by atoms with Crippen LogP contribution in [0.15, 0.2) is 32.5 Å². The van der Waals surface area contributed by atoms with E-state index in [1.165, 1.54) is 45.6 Å². The first-order valence-corrected chi connectivity index (χ1v) is 12.7. The Kier molecular flexibility index (Phi) is 8.52. The molecule has 0 spiro atoms. The number of rotatable bonds is 8. The fourth-order valence-electron chi connectivity index (χ4n) is 2.87. The number of β-lactam (4-membered cyclic amide) rings is 1. The van der Waals surface area contributed by atoms with Gasteiger partial charge >= 0.3 is 6.16 Å². The number of carboxylic acid groups (broad SMARTS) is 1. The van der Waals surface area contributed by atoms with Crippen molar-refractivity contribution >= 4 is 87.8 Å². The van der Waals surface area contributed by atoms with Crippen molar-refractivity contribution in [2.24, 2.45) is 5.16 Å². The van der Waals surface area contributed by atoms with Gasteiger partial charge in [0.15, 0.2) is 10.8 Å². The van der Waals surface area contributed by atoms with E-state index in [-0.39, 0.29) is 29.1 Å². The Balaban J connectivity index is 0.00000324. The molecule has 182 valence electrons. The van der Waals surface area contributed by atoms with Gasteiger partial charge in [0, 0.05) is 11.1 Å². The van der Waals surface area contributed by atoms with E-state index in [1.807, 2.05) is 0 Å². The normalized spacial score (nSPS) is 19.7. The van der Waals surface area contributed by atoms with Gasteiger partial charge in [0.1, 0.15) is 22.1 Å². The summed E-state index contributed by atoms with van der Waals surface area (Å²) in [4.78, 5) is 42.2. The largest absolute Gasteiger partial charge is 0.512 e. The second-order valence-electron chi connectivity index (χ2n) is 6.19. The van der Waals surface area contributed by atoms with Crippen LogP contribution >= 0.6 is 59.0 Å². The third-order valence-corrected chi connectivity index (χ3v) is 8.51. The van der Waals surface area contributed by atoms with E-state index in [1.54, 1.807) is 6.20 Å². The third kappa shape index (κ3) is 5.35. The van der Waals surface area contributed by atoms with Crippen molar-refractivity contribution in [2.45, 2.75) is 16.4 Å². The van der Waals surface area contributed by atoms with Crippen LogP contribution in [0.25, 0.3) is 0 Å². The molecule has 14 nitrogen and oxygen atoms in total. The zero-order valence-corrected chi connectivity index (χ0v) is 20.7. The zero-order valence-electron chi connectivity index (χ0n) is 16.6. The molecular weight excluding hydrogens is 552 g/mol. The summed E-state index contributed by atoms with van der Waals surface area (Å²) < 4.78 is 4.91. The number of carbonyl (C=O) groups is 3. The fourth-order valence-corrected chi connectivity index (χ4v) is 6.91. The number of nitrogens with two attached hydrogens (primary N) is 1. The number of nitrogens with zero attached hydrogens (tertiary/aromatic N) is 5. The van der Waals surface area contributed by atoms with Crippen molar-refractivity contribution in [3.05, 3.63) is 28.1 Å². The number of fused-ring (bicyclic) bond motifs is 1. The number of hydrogen-bond donors (Lipinski definition) is 5. The highest BCUT2D eigenvalue weighted by molar-refractivity contribution is 8.18. The van der Waals surface area contributed by atoms with E-state index in [9.17, 15) is 19.6 Å². The molecule has 2 atom stereocenters. The van der Waals surface area contributed by atoms with Gasteiger partial charge in [0.25, 0.3) is 11.8 Å². The molecule has 0 saturated carbocycles. The minimum Gasteiger partial charge on any atom is -0.449 e. The van der Waals surface area contributed by atoms with Gasteiger partial charge in [-0.1, -0.05) is 16.9 Å². The molecular formula is C15H15ClN8O6S4. The number of nitrogens with one attached hydrogen (secondary N) is 2. The summed E-state index contributed by atoms with van der Waals surface area (Å²) >= 11 is 5.08. The maximum absolute atomic E-state index is 12.8. The zero-order chi connectivity index (χ0) is 23.5. The average molecular weight is 567 g/mol. The Hall–Kier alpha value is -2.67. The van der Waals surface area contributed by atoms with Crippen LogP contribution in [-0.4, -0.2) is 81.5 Å². The van der Waals surface area contributed by atoms with Crippen LogP contribution in [-0.2, 0) is 14.3 Å². The molecule has 19 heteroatoms. The number of H-pyrrole nitrogens is 1. The number of anilines is 1. The molecule has 2 amide bonds.